The van der Waals surface area contributed by atoms with Gasteiger partial charge in [0, 0.05) is 12.4 Å². The fraction of sp³-hybridized carbons (Fsp3) is 0.250. The third-order valence-corrected chi connectivity index (χ3v) is 3.42. The summed E-state index contributed by atoms with van der Waals surface area (Å²) in [7, 11) is 0. The molecule has 1 aliphatic rings. The molecule has 1 atom stereocenters. The Morgan fingerprint density at radius 2 is 2.10 bits per heavy atom. The maximum absolute atomic E-state index is 11.4. The van der Waals surface area contributed by atoms with E-state index in [1.807, 2.05) is 30.3 Å². The van der Waals surface area contributed by atoms with Gasteiger partial charge < -0.3 is 15.4 Å². The largest absolute Gasteiger partial charge is 0.482 e. The molecule has 0 radical (unpaired) electrons. The normalized spacial score (nSPS) is 14.8. The van der Waals surface area contributed by atoms with E-state index in [0.717, 1.165) is 23.4 Å². The Morgan fingerprint density at radius 1 is 1.29 bits per heavy atom. The van der Waals surface area contributed by atoms with E-state index in [1.54, 1.807) is 12.4 Å². The van der Waals surface area contributed by atoms with Crippen LogP contribution in [0.1, 0.15) is 24.1 Å². The van der Waals surface area contributed by atoms with Gasteiger partial charge in [0.05, 0.1) is 11.7 Å². The van der Waals surface area contributed by atoms with Crippen molar-refractivity contribution < 1.29 is 9.53 Å². The molecule has 0 aliphatic carbocycles. The molecule has 3 rings (SSSR count). The molecule has 2 heterocycles. The number of hydrogen-bond donors (Lipinski definition) is 2. The number of ether oxygens (including phenoxy) is 1. The van der Waals surface area contributed by atoms with Crippen LogP contribution in [0, 0.1) is 0 Å². The summed E-state index contributed by atoms with van der Waals surface area (Å²) in [6.07, 6.45) is 3.56. The van der Waals surface area contributed by atoms with Gasteiger partial charge in [-0.25, -0.2) is 0 Å². The molecule has 1 amide bonds. The van der Waals surface area contributed by atoms with Crippen LogP contribution in [-0.4, -0.2) is 24.0 Å². The van der Waals surface area contributed by atoms with E-state index in [9.17, 15) is 4.79 Å². The molecule has 21 heavy (non-hydrogen) atoms. The SMILES string of the molecule is CCNC(c1ccncc1)c1ccc2c(c1)NC(=O)CO2. The van der Waals surface area contributed by atoms with E-state index in [4.69, 9.17) is 4.74 Å². The van der Waals surface area contributed by atoms with E-state index >= 15 is 0 Å². The van der Waals surface area contributed by atoms with E-state index < -0.39 is 0 Å². The first kappa shape index (κ1) is 13.6. The molecule has 0 spiro atoms. The first-order valence-electron chi connectivity index (χ1n) is 6.98. The second-order valence-corrected chi connectivity index (χ2v) is 4.86. The van der Waals surface area contributed by atoms with Gasteiger partial charge in [-0.2, -0.15) is 0 Å². The number of rotatable bonds is 4. The molecule has 2 N–H and O–H groups in total. The molecule has 5 nitrogen and oxygen atoms in total. The summed E-state index contributed by atoms with van der Waals surface area (Å²) < 4.78 is 5.39. The molecule has 5 heteroatoms. The fourth-order valence-corrected chi connectivity index (χ4v) is 2.47. The highest BCUT2D eigenvalue weighted by atomic mass is 16.5. The van der Waals surface area contributed by atoms with Gasteiger partial charge >= 0.3 is 0 Å². The predicted octanol–water partition coefficient (Wildman–Crippen LogP) is 2.11. The average molecular weight is 283 g/mol. The summed E-state index contributed by atoms with van der Waals surface area (Å²) in [5.41, 5.74) is 2.93. The Bertz CT molecular complexity index is 643. The van der Waals surface area contributed by atoms with Gasteiger partial charge in [0.1, 0.15) is 5.75 Å². The minimum absolute atomic E-state index is 0.0575. The van der Waals surface area contributed by atoms with Crippen LogP contribution in [0.3, 0.4) is 0 Å². The highest BCUT2D eigenvalue weighted by Crippen LogP contribution is 2.32. The van der Waals surface area contributed by atoms with Crippen molar-refractivity contribution in [2.24, 2.45) is 0 Å². The molecule has 0 saturated carbocycles. The minimum atomic E-state index is -0.122. The smallest absolute Gasteiger partial charge is 0.262 e. The summed E-state index contributed by atoms with van der Waals surface area (Å²) in [6.45, 7) is 2.98. The molecule has 108 valence electrons. The number of nitrogens with zero attached hydrogens (tertiary/aromatic N) is 1. The first-order chi connectivity index (χ1) is 10.3. The molecular formula is C16H17N3O2. The monoisotopic (exact) mass is 283 g/mol. The third-order valence-electron chi connectivity index (χ3n) is 3.42. The van der Waals surface area contributed by atoms with Crippen molar-refractivity contribution >= 4 is 11.6 Å². The molecular weight excluding hydrogens is 266 g/mol. The molecule has 0 saturated heterocycles. The number of fused-ring (bicyclic) bond motifs is 1. The molecule has 2 aromatic rings. The number of anilines is 1. The highest BCUT2D eigenvalue weighted by Gasteiger charge is 2.19. The first-order valence-corrected chi connectivity index (χ1v) is 6.98. The highest BCUT2D eigenvalue weighted by molar-refractivity contribution is 5.95. The number of benzene rings is 1. The van der Waals surface area contributed by atoms with E-state index in [-0.39, 0.29) is 18.6 Å². The Morgan fingerprint density at radius 3 is 2.86 bits per heavy atom. The van der Waals surface area contributed by atoms with Crippen molar-refractivity contribution in [3.8, 4) is 5.75 Å². The Kier molecular flexibility index (Phi) is 3.83. The summed E-state index contributed by atoms with van der Waals surface area (Å²) in [5.74, 6) is 0.590. The standard InChI is InChI=1S/C16H17N3O2/c1-2-18-16(11-5-7-17-8-6-11)12-3-4-14-13(9-12)19-15(20)10-21-14/h3-9,16,18H,2,10H2,1H3,(H,19,20). The molecule has 0 fully saturated rings. The quantitative estimate of drug-likeness (QED) is 0.902. The zero-order valence-corrected chi connectivity index (χ0v) is 11.8. The Labute approximate surface area is 123 Å². The van der Waals surface area contributed by atoms with Crippen LogP contribution in [-0.2, 0) is 4.79 Å². The van der Waals surface area contributed by atoms with Crippen LogP contribution in [0.25, 0.3) is 0 Å². The topological polar surface area (TPSA) is 63.2 Å². The number of amides is 1. The van der Waals surface area contributed by atoms with Crippen LogP contribution in [0.2, 0.25) is 0 Å². The summed E-state index contributed by atoms with van der Waals surface area (Å²) in [5, 5.41) is 6.30. The number of aromatic nitrogens is 1. The number of pyridine rings is 1. The lowest BCUT2D eigenvalue weighted by Gasteiger charge is -2.23. The van der Waals surface area contributed by atoms with Crippen molar-refractivity contribution in [1.82, 2.24) is 10.3 Å². The molecule has 1 aromatic carbocycles. The molecule has 1 aromatic heterocycles. The molecule has 1 unspecified atom stereocenters. The van der Waals surface area contributed by atoms with E-state index in [2.05, 4.69) is 22.5 Å². The van der Waals surface area contributed by atoms with Crippen molar-refractivity contribution in [2.75, 3.05) is 18.5 Å². The Balaban J connectivity index is 1.97. The number of carbonyl (C=O) groups excluding carboxylic acids is 1. The summed E-state index contributed by atoms with van der Waals surface area (Å²) >= 11 is 0. The van der Waals surface area contributed by atoms with Gasteiger partial charge in [-0.1, -0.05) is 13.0 Å². The van der Waals surface area contributed by atoms with Gasteiger partial charge in [-0.05, 0) is 41.9 Å². The van der Waals surface area contributed by atoms with Crippen LogP contribution in [0.4, 0.5) is 5.69 Å². The zero-order valence-electron chi connectivity index (χ0n) is 11.8. The van der Waals surface area contributed by atoms with Gasteiger partial charge in [-0.15, -0.1) is 0 Å². The second kappa shape index (κ2) is 5.93. The second-order valence-electron chi connectivity index (χ2n) is 4.86. The van der Waals surface area contributed by atoms with Crippen LogP contribution in [0.5, 0.6) is 5.75 Å². The maximum atomic E-state index is 11.4. The van der Waals surface area contributed by atoms with Gasteiger partial charge in [0.2, 0.25) is 0 Å². The lowest BCUT2D eigenvalue weighted by molar-refractivity contribution is -0.118. The number of hydrogen-bond acceptors (Lipinski definition) is 4. The number of carbonyl (C=O) groups is 1. The van der Waals surface area contributed by atoms with Crippen molar-refractivity contribution in [3.05, 3.63) is 53.9 Å². The zero-order chi connectivity index (χ0) is 14.7. The maximum Gasteiger partial charge on any atom is 0.262 e. The van der Waals surface area contributed by atoms with Crippen molar-refractivity contribution in [3.63, 3.8) is 0 Å². The van der Waals surface area contributed by atoms with Crippen LogP contribution < -0.4 is 15.4 Å². The fourth-order valence-electron chi connectivity index (χ4n) is 2.47. The van der Waals surface area contributed by atoms with Gasteiger partial charge in [-0.3, -0.25) is 9.78 Å². The summed E-state index contributed by atoms with van der Waals surface area (Å²) in [6, 6.07) is 9.91. The average Bonchev–Trinajstić information content (AvgIpc) is 2.52. The minimum Gasteiger partial charge on any atom is -0.482 e. The Hall–Kier alpha value is -2.40. The number of nitrogens with one attached hydrogen (secondary N) is 2. The third kappa shape index (κ3) is 2.87. The van der Waals surface area contributed by atoms with Crippen LogP contribution >= 0.6 is 0 Å². The van der Waals surface area contributed by atoms with Crippen molar-refractivity contribution in [2.45, 2.75) is 13.0 Å². The lowest BCUT2D eigenvalue weighted by Crippen LogP contribution is -2.26. The van der Waals surface area contributed by atoms with Crippen molar-refractivity contribution in [1.29, 1.82) is 0 Å². The van der Waals surface area contributed by atoms with E-state index in [0.29, 0.717) is 5.75 Å². The van der Waals surface area contributed by atoms with Crippen LogP contribution in [0.15, 0.2) is 42.7 Å². The lowest BCUT2D eigenvalue weighted by atomic mass is 9.98. The molecule has 1 aliphatic heterocycles. The van der Waals surface area contributed by atoms with E-state index in [1.165, 1.54) is 0 Å². The van der Waals surface area contributed by atoms with Gasteiger partial charge in [0.25, 0.3) is 5.91 Å². The molecule has 0 bridgehead atoms. The predicted molar refractivity (Wildman–Crippen MR) is 80.3 cm³/mol. The van der Waals surface area contributed by atoms with Gasteiger partial charge in [0.15, 0.2) is 6.61 Å². The summed E-state index contributed by atoms with van der Waals surface area (Å²) in [4.78, 5) is 15.5.